The Balaban J connectivity index is 1.43. The van der Waals surface area contributed by atoms with Crippen molar-refractivity contribution in [2.24, 2.45) is 0 Å². The topological polar surface area (TPSA) is 84.4 Å². The predicted molar refractivity (Wildman–Crippen MR) is 108 cm³/mol. The number of hydrogen-bond acceptors (Lipinski definition) is 9. The Hall–Kier alpha value is -0.880. The molecule has 2 unspecified atom stereocenters. The lowest BCUT2D eigenvalue weighted by atomic mass is 10.2. The van der Waals surface area contributed by atoms with Crippen LogP contribution in [0.15, 0.2) is 5.38 Å². The number of fused-ring (bicyclic) bond motifs is 1. The summed E-state index contributed by atoms with van der Waals surface area (Å²) in [7, 11) is 0. The van der Waals surface area contributed by atoms with Crippen molar-refractivity contribution in [3.63, 3.8) is 0 Å². The first-order valence-corrected chi connectivity index (χ1v) is 12.1. The number of hydrogen-bond donors (Lipinski definition) is 1. The van der Waals surface area contributed by atoms with Crippen molar-refractivity contribution in [3.8, 4) is 0 Å². The second-order valence-corrected chi connectivity index (χ2v) is 10.1. The van der Waals surface area contributed by atoms with E-state index in [4.69, 9.17) is 4.74 Å². The van der Waals surface area contributed by atoms with Gasteiger partial charge in [0.25, 0.3) is 5.91 Å². The lowest BCUT2D eigenvalue weighted by molar-refractivity contribution is -0.121. The highest BCUT2D eigenvalue weighted by Gasteiger charge is 2.29. The molecule has 2 aromatic heterocycles. The molecule has 0 aliphatic carbocycles. The highest BCUT2D eigenvalue weighted by molar-refractivity contribution is 8.07. The van der Waals surface area contributed by atoms with Crippen molar-refractivity contribution < 1.29 is 14.3 Å². The fraction of sp³-hybridized carbons (Fsp3) is 0.600. The largest absolute Gasteiger partial charge is 0.377 e. The van der Waals surface area contributed by atoms with Gasteiger partial charge in [0.05, 0.1) is 34.8 Å². The lowest BCUT2D eigenvalue weighted by Gasteiger charge is -2.26. The van der Waals surface area contributed by atoms with E-state index in [0.717, 1.165) is 26.8 Å². The number of amides is 2. The van der Waals surface area contributed by atoms with Crippen LogP contribution < -0.4 is 5.32 Å². The number of thiophene rings is 1. The van der Waals surface area contributed by atoms with Crippen LogP contribution in [0.25, 0.3) is 9.53 Å². The zero-order chi connectivity index (χ0) is 17.9. The Morgan fingerprint density at radius 3 is 3.12 bits per heavy atom. The molecule has 11 heteroatoms. The van der Waals surface area contributed by atoms with Crippen LogP contribution in [-0.4, -0.2) is 81.2 Å². The minimum Gasteiger partial charge on any atom is -0.377 e. The summed E-state index contributed by atoms with van der Waals surface area (Å²) in [6, 6.07) is -0.185. The molecule has 140 valence electrons. The van der Waals surface area contributed by atoms with Crippen LogP contribution in [-0.2, 0) is 9.53 Å². The molecule has 4 heterocycles. The first kappa shape index (κ1) is 18.5. The maximum atomic E-state index is 13.0. The molecular formula is C15H18N4O3S4. The van der Waals surface area contributed by atoms with Crippen LogP contribution in [0, 0.1) is 0 Å². The van der Waals surface area contributed by atoms with E-state index in [-0.39, 0.29) is 23.1 Å². The smallest absolute Gasteiger partial charge is 0.256 e. The highest BCUT2D eigenvalue weighted by Crippen LogP contribution is 2.28. The molecule has 0 bridgehead atoms. The van der Waals surface area contributed by atoms with Crippen molar-refractivity contribution in [3.05, 3.63) is 10.9 Å². The lowest BCUT2D eigenvalue weighted by Crippen LogP contribution is -2.49. The molecule has 4 rings (SSSR count). The van der Waals surface area contributed by atoms with Crippen molar-refractivity contribution in [2.45, 2.75) is 11.3 Å². The molecule has 0 radical (unpaired) electrons. The Morgan fingerprint density at radius 2 is 2.27 bits per heavy atom. The van der Waals surface area contributed by atoms with Gasteiger partial charge in [0.15, 0.2) is 4.83 Å². The number of rotatable bonds is 3. The Kier molecular flexibility index (Phi) is 5.99. The van der Waals surface area contributed by atoms with Gasteiger partial charge >= 0.3 is 0 Å². The summed E-state index contributed by atoms with van der Waals surface area (Å²) in [6.45, 7) is 1.88. The summed E-state index contributed by atoms with van der Waals surface area (Å²) in [5.74, 6) is 2.96. The molecule has 2 fully saturated rings. The van der Waals surface area contributed by atoms with Crippen LogP contribution >= 0.6 is 46.4 Å². The fourth-order valence-corrected chi connectivity index (χ4v) is 7.19. The van der Waals surface area contributed by atoms with Gasteiger partial charge in [-0.2, -0.15) is 11.8 Å². The maximum Gasteiger partial charge on any atom is 0.256 e. The molecule has 2 aliphatic heterocycles. The first-order valence-electron chi connectivity index (χ1n) is 8.28. The number of nitrogens with zero attached hydrogens (tertiary/aromatic N) is 3. The van der Waals surface area contributed by atoms with Crippen LogP contribution in [0.1, 0.15) is 10.4 Å². The van der Waals surface area contributed by atoms with Gasteiger partial charge in [-0.1, -0.05) is 4.49 Å². The standard InChI is InChI=1S/C15H18N4O3S4/c20-13(11-8-23-3-4-24-11)16-9-5-19(1-2-22-6-9)15(21)10-7-25-14-12(10)26-18-17-14/h7,9,11H,1-6,8H2,(H,16,20). The predicted octanol–water partition coefficient (Wildman–Crippen LogP) is 1.56. The number of nitrogens with one attached hydrogen (secondary N) is 1. The van der Waals surface area contributed by atoms with Crippen molar-refractivity contribution >= 4 is 67.7 Å². The van der Waals surface area contributed by atoms with Crippen molar-refractivity contribution in [1.82, 2.24) is 19.8 Å². The molecule has 0 saturated carbocycles. The van der Waals surface area contributed by atoms with Crippen LogP contribution in [0.4, 0.5) is 0 Å². The quantitative estimate of drug-likeness (QED) is 0.791. The Labute approximate surface area is 167 Å². The molecule has 2 saturated heterocycles. The van der Waals surface area contributed by atoms with Gasteiger partial charge in [-0.05, 0) is 11.5 Å². The van der Waals surface area contributed by atoms with E-state index in [9.17, 15) is 9.59 Å². The van der Waals surface area contributed by atoms with E-state index in [1.807, 2.05) is 17.1 Å². The minimum atomic E-state index is -0.185. The molecule has 1 N–H and O–H groups in total. The number of carbonyl (C=O) groups excluding carboxylic acids is 2. The summed E-state index contributed by atoms with van der Waals surface area (Å²) in [5, 5.41) is 8.93. The summed E-state index contributed by atoms with van der Waals surface area (Å²) in [4.78, 5) is 28.0. The molecule has 2 aromatic rings. The van der Waals surface area contributed by atoms with E-state index in [1.54, 1.807) is 16.7 Å². The van der Waals surface area contributed by atoms with E-state index in [0.29, 0.717) is 31.9 Å². The number of ether oxygens (including phenoxy) is 1. The first-order chi connectivity index (χ1) is 12.7. The van der Waals surface area contributed by atoms with E-state index < -0.39 is 0 Å². The molecule has 2 aliphatic rings. The summed E-state index contributed by atoms with van der Waals surface area (Å²) >= 11 is 6.20. The Morgan fingerprint density at radius 1 is 1.35 bits per heavy atom. The third-order valence-corrected chi connectivity index (χ3v) is 8.73. The molecular weight excluding hydrogens is 412 g/mol. The number of thioether (sulfide) groups is 2. The highest BCUT2D eigenvalue weighted by atomic mass is 32.2. The van der Waals surface area contributed by atoms with Crippen LogP contribution in [0.2, 0.25) is 0 Å². The summed E-state index contributed by atoms with van der Waals surface area (Å²) in [6.07, 6.45) is 0. The fourth-order valence-electron chi connectivity index (χ4n) is 2.93. The summed E-state index contributed by atoms with van der Waals surface area (Å²) in [5.41, 5.74) is 0.645. The number of aromatic nitrogens is 2. The Bertz CT molecular complexity index is 789. The van der Waals surface area contributed by atoms with Gasteiger partial charge < -0.3 is 15.0 Å². The molecule has 2 atom stereocenters. The average molecular weight is 431 g/mol. The molecule has 0 spiro atoms. The van der Waals surface area contributed by atoms with E-state index >= 15 is 0 Å². The van der Waals surface area contributed by atoms with Gasteiger partial charge in [-0.15, -0.1) is 28.2 Å². The van der Waals surface area contributed by atoms with Gasteiger partial charge in [0, 0.05) is 35.7 Å². The van der Waals surface area contributed by atoms with Crippen molar-refractivity contribution in [1.29, 1.82) is 0 Å². The summed E-state index contributed by atoms with van der Waals surface area (Å²) < 4.78 is 10.4. The SMILES string of the molecule is O=C(NC1COCCN(C(=O)c2csc3nnsc23)C1)C1CSCCS1. The second-order valence-electron chi connectivity index (χ2n) is 6.02. The van der Waals surface area contributed by atoms with Crippen LogP contribution in [0.5, 0.6) is 0 Å². The molecule has 26 heavy (non-hydrogen) atoms. The zero-order valence-electron chi connectivity index (χ0n) is 13.9. The van der Waals surface area contributed by atoms with Gasteiger partial charge in [0.1, 0.15) is 0 Å². The minimum absolute atomic E-state index is 0.0130. The number of carbonyl (C=O) groups is 2. The van der Waals surface area contributed by atoms with E-state index in [1.165, 1.54) is 22.9 Å². The van der Waals surface area contributed by atoms with Gasteiger partial charge in [0.2, 0.25) is 5.91 Å². The van der Waals surface area contributed by atoms with Crippen LogP contribution in [0.3, 0.4) is 0 Å². The third kappa shape index (κ3) is 4.01. The molecule has 0 aromatic carbocycles. The third-order valence-electron chi connectivity index (χ3n) is 4.23. The van der Waals surface area contributed by atoms with Crippen molar-refractivity contribution in [2.75, 3.05) is 43.6 Å². The molecule has 2 amide bonds. The average Bonchev–Trinajstić information content (AvgIpc) is 3.20. The normalized spacial score (nSPS) is 24.4. The van der Waals surface area contributed by atoms with Gasteiger partial charge in [-0.25, -0.2) is 0 Å². The maximum absolute atomic E-state index is 13.0. The molecule has 7 nitrogen and oxygen atoms in total. The zero-order valence-corrected chi connectivity index (χ0v) is 17.1. The van der Waals surface area contributed by atoms with Gasteiger partial charge in [-0.3, -0.25) is 9.59 Å². The van der Waals surface area contributed by atoms with E-state index in [2.05, 4.69) is 14.9 Å². The second kappa shape index (κ2) is 8.42. The monoisotopic (exact) mass is 430 g/mol.